The van der Waals surface area contributed by atoms with Crippen molar-refractivity contribution in [3.8, 4) is 0 Å². The van der Waals surface area contributed by atoms with E-state index in [2.05, 4.69) is 26.6 Å². The number of halogens is 1. The Morgan fingerprint density at radius 1 is 1.35 bits per heavy atom. The standard InChI is InChI=1S/C10H13BrN2O3S/c11-8-3-2-7(17-8)10(16)13-6-9(15)12-4-1-5-14/h2-3,14H,1,4-6H2,(H,12,15)(H,13,16). The van der Waals surface area contributed by atoms with E-state index in [0.717, 1.165) is 3.79 Å². The van der Waals surface area contributed by atoms with Gasteiger partial charge in [-0.05, 0) is 34.5 Å². The molecule has 1 aromatic rings. The van der Waals surface area contributed by atoms with Gasteiger partial charge in [-0.3, -0.25) is 9.59 Å². The Morgan fingerprint density at radius 3 is 2.71 bits per heavy atom. The number of thiophene rings is 1. The topological polar surface area (TPSA) is 78.4 Å². The lowest BCUT2D eigenvalue weighted by atomic mass is 10.4. The van der Waals surface area contributed by atoms with Crippen LogP contribution < -0.4 is 10.6 Å². The van der Waals surface area contributed by atoms with E-state index in [1.807, 2.05) is 0 Å². The molecular formula is C10H13BrN2O3S. The second-order valence-electron chi connectivity index (χ2n) is 3.21. The van der Waals surface area contributed by atoms with Gasteiger partial charge in [0.15, 0.2) is 0 Å². The molecule has 0 fully saturated rings. The molecule has 0 aromatic carbocycles. The van der Waals surface area contributed by atoms with Crippen LogP contribution in [0.3, 0.4) is 0 Å². The zero-order valence-corrected chi connectivity index (χ0v) is 11.4. The van der Waals surface area contributed by atoms with Gasteiger partial charge >= 0.3 is 0 Å². The minimum Gasteiger partial charge on any atom is -0.396 e. The SMILES string of the molecule is O=C(CNC(=O)c1ccc(Br)s1)NCCCO. The van der Waals surface area contributed by atoms with Crippen molar-refractivity contribution in [2.24, 2.45) is 0 Å². The first kappa shape index (κ1) is 14.1. The maximum atomic E-state index is 11.6. The monoisotopic (exact) mass is 320 g/mol. The number of hydrogen-bond acceptors (Lipinski definition) is 4. The molecule has 0 aliphatic carbocycles. The van der Waals surface area contributed by atoms with Crippen LogP contribution in [0.1, 0.15) is 16.1 Å². The van der Waals surface area contributed by atoms with Crippen molar-refractivity contribution in [3.63, 3.8) is 0 Å². The molecule has 0 radical (unpaired) electrons. The van der Waals surface area contributed by atoms with Crippen LogP contribution in [0.2, 0.25) is 0 Å². The predicted molar refractivity (Wildman–Crippen MR) is 69.1 cm³/mol. The first-order chi connectivity index (χ1) is 8.13. The van der Waals surface area contributed by atoms with Crippen LogP contribution >= 0.6 is 27.3 Å². The Labute approximate surface area is 111 Å². The van der Waals surface area contributed by atoms with E-state index >= 15 is 0 Å². The van der Waals surface area contributed by atoms with Crippen molar-refractivity contribution >= 4 is 39.1 Å². The van der Waals surface area contributed by atoms with Gasteiger partial charge in [0.1, 0.15) is 0 Å². The van der Waals surface area contributed by atoms with Crippen molar-refractivity contribution in [2.75, 3.05) is 19.7 Å². The van der Waals surface area contributed by atoms with Crippen molar-refractivity contribution in [1.82, 2.24) is 10.6 Å². The maximum Gasteiger partial charge on any atom is 0.261 e. The van der Waals surface area contributed by atoms with E-state index in [-0.39, 0.29) is 25.0 Å². The third-order valence-corrected chi connectivity index (χ3v) is 3.49. The summed E-state index contributed by atoms with van der Waals surface area (Å²) in [5.74, 6) is -0.527. The fourth-order valence-electron chi connectivity index (χ4n) is 1.05. The van der Waals surface area contributed by atoms with E-state index in [1.54, 1.807) is 12.1 Å². The van der Waals surface area contributed by atoms with E-state index in [0.29, 0.717) is 17.8 Å². The number of nitrogens with one attached hydrogen (secondary N) is 2. The van der Waals surface area contributed by atoms with Gasteiger partial charge in [0, 0.05) is 13.2 Å². The number of carbonyl (C=O) groups is 2. The molecule has 94 valence electrons. The summed E-state index contributed by atoms with van der Waals surface area (Å²) in [6.07, 6.45) is 0.511. The molecule has 1 aromatic heterocycles. The number of aliphatic hydroxyl groups is 1. The van der Waals surface area contributed by atoms with Gasteiger partial charge in [0.05, 0.1) is 15.2 Å². The summed E-state index contributed by atoms with van der Waals surface area (Å²) in [5.41, 5.74) is 0. The van der Waals surface area contributed by atoms with Gasteiger partial charge in [-0.25, -0.2) is 0 Å². The zero-order valence-electron chi connectivity index (χ0n) is 9.03. The Bertz CT molecular complexity index is 395. The highest BCUT2D eigenvalue weighted by Crippen LogP contribution is 2.21. The summed E-state index contributed by atoms with van der Waals surface area (Å²) in [5, 5.41) is 13.6. The van der Waals surface area contributed by atoms with Gasteiger partial charge < -0.3 is 15.7 Å². The Kier molecular flexibility index (Phi) is 6.17. The normalized spacial score (nSPS) is 10.0. The third kappa shape index (κ3) is 5.29. The van der Waals surface area contributed by atoms with Crippen LogP contribution in [0, 0.1) is 0 Å². The Hall–Kier alpha value is -0.920. The van der Waals surface area contributed by atoms with Crippen LogP contribution in [0.25, 0.3) is 0 Å². The lowest BCUT2D eigenvalue weighted by Crippen LogP contribution is -2.37. The van der Waals surface area contributed by atoms with Crippen LogP contribution in [-0.4, -0.2) is 36.6 Å². The van der Waals surface area contributed by atoms with Crippen molar-refractivity contribution in [2.45, 2.75) is 6.42 Å². The summed E-state index contributed by atoms with van der Waals surface area (Å²) in [6.45, 7) is 0.394. The van der Waals surface area contributed by atoms with Crippen LogP contribution in [0.5, 0.6) is 0 Å². The third-order valence-electron chi connectivity index (χ3n) is 1.86. The van der Waals surface area contributed by atoms with Crippen molar-refractivity contribution < 1.29 is 14.7 Å². The number of rotatable bonds is 6. The predicted octanol–water partition coefficient (Wildman–Crippen LogP) is 0.739. The summed E-state index contributed by atoms with van der Waals surface area (Å²) in [4.78, 5) is 23.4. The largest absolute Gasteiger partial charge is 0.396 e. The van der Waals surface area contributed by atoms with E-state index in [1.165, 1.54) is 11.3 Å². The summed E-state index contributed by atoms with van der Waals surface area (Å²) < 4.78 is 0.870. The molecule has 0 aliphatic heterocycles. The molecule has 5 nitrogen and oxygen atoms in total. The number of aliphatic hydroxyl groups excluding tert-OH is 1. The minimum absolute atomic E-state index is 0.0376. The fraction of sp³-hybridized carbons (Fsp3) is 0.400. The van der Waals surface area contributed by atoms with Gasteiger partial charge in [-0.15, -0.1) is 11.3 Å². The minimum atomic E-state index is -0.266. The van der Waals surface area contributed by atoms with Gasteiger partial charge in [0.25, 0.3) is 5.91 Å². The smallest absolute Gasteiger partial charge is 0.261 e. The highest BCUT2D eigenvalue weighted by atomic mass is 79.9. The molecule has 0 aliphatic rings. The molecule has 17 heavy (non-hydrogen) atoms. The molecule has 1 rings (SSSR count). The Balaban J connectivity index is 2.26. The van der Waals surface area contributed by atoms with Crippen molar-refractivity contribution in [1.29, 1.82) is 0 Å². The second-order valence-corrected chi connectivity index (χ2v) is 5.68. The average molecular weight is 321 g/mol. The maximum absolute atomic E-state index is 11.6. The fourth-order valence-corrected chi connectivity index (χ4v) is 2.36. The highest BCUT2D eigenvalue weighted by Gasteiger charge is 2.09. The van der Waals surface area contributed by atoms with Crippen LogP contribution in [-0.2, 0) is 4.79 Å². The summed E-state index contributed by atoms with van der Waals surface area (Å²) in [7, 11) is 0. The molecule has 0 saturated heterocycles. The average Bonchev–Trinajstić information content (AvgIpc) is 2.73. The van der Waals surface area contributed by atoms with Gasteiger partial charge in [-0.1, -0.05) is 0 Å². The first-order valence-electron chi connectivity index (χ1n) is 5.04. The molecule has 0 bridgehead atoms. The molecule has 2 amide bonds. The van der Waals surface area contributed by atoms with Gasteiger partial charge in [-0.2, -0.15) is 0 Å². The molecule has 0 saturated carbocycles. The van der Waals surface area contributed by atoms with Crippen LogP contribution in [0.15, 0.2) is 15.9 Å². The first-order valence-corrected chi connectivity index (χ1v) is 6.65. The van der Waals surface area contributed by atoms with Gasteiger partial charge in [0.2, 0.25) is 5.91 Å². The lowest BCUT2D eigenvalue weighted by Gasteiger charge is -2.04. The summed E-state index contributed by atoms with van der Waals surface area (Å²) >= 11 is 4.57. The van der Waals surface area contributed by atoms with Crippen molar-refractivity contribution in [3.05, 3.63) is 20.8 Å². The Morgan fingerprint density at radius 2 is 2.12 bits per heavy atom. The van der Waals surface area contributed by atoms with Crippen LogP contribution in [0.4, 0.5) is 0 Å². The summed E-state index contributed by atoms with van der Waals surface area (Å²) in [6, 6.07) is 3.47. The molecule has 1 heterocycles. The molecule has 0 atom stereocenters. The van der Waals surface area contributed by atoms with E-state index < -0.39 is 0 Å². The lowest BCUT2D eigenvalue weighted by molar-refractivity contribution is -0.120. The molecule has 0 spiro atoms. The number of amides is 2. The second kappa shape index (κ2) is 7.41. The highest BCUT2D eigenvalue weighted by molar-refractivity contribution is 9.11. The number of carbonyl (C=O) groups excluding carboxylic acids is 2. The van der Waals surface area contributed by atoms with E-state index in [4.69, 9.17) is 5.11 Å². The molecular weight excluding hydrogens is 308 g/mol. The molecule has 3 N–H and O–H groups in total. The zero-order chi connectivity index (χ0) is 12.7. The quantitative estimate of drug-likeness (QED) is 0.676. The van der Waals surface area contributed by atoms with E-state index in [9.17, 15) is 9.59 Å². The molecule has 7 heteroatoms. The number of hydrogen-bond donors (Lipinski definition) is 3. The molecule has 0 unspecified atom stereocenters.